The monoisotopic (exact) mass is 461 g/mol. The fourth-order valence-electron chi connectivity index (χ4n) is 3.76. The van der Waals surface area contributed by atoms with Crippen molar-refractivity contribution in [2.24, 2.45) is 5.92 Å². The normalized spacial score (nSPS) is 19.2. The Morgan fingerprint density at radius 3 is 2.45 bits per heavy atom. The van der Waals surface area contributed by atoms with E-state index in [0.717, 1.165) is 25.7 Å². The third-order valence-corrected chi connectivity index (χ3v) is 5.57. The van der Waals surface area contributed by atoms with E-state index in [1.165, 1.54) is 12.1 Å². The first kappa shape index (κ1) is 26.5. The zero-order valence-corrected chi connectivity index (χ0v) is 20.7. The van der Waals surface area contributed by atoms with Gasteiger partial charge in [0.15, 0.2) is 0 Å². The molecule has 1 aliphatic rings. The van der Waals surface area contributed by atoms with Crippen molar-refractivity contribution in [3.8, 4) is 5.75 Å². The molecule has 33 heavy (non-hydrogen) atoms. The van der Waals surface area contributed by atoms with E-state index < -0.39 is 23.8 Å². The third kappa shape index (κ3) is 7.94. The molecule has 0 saturated heterocycles. The molecule has 2 rings (SSSR count). The number of rotatable bonds is 10. The van der Waals surface area contributed by atoms with Gasteiger partial charge in [-0.25, -0.2) is 4.79 Å². The van der Waals surface area contributed by atoms with Crippen LogP contribution in [0, 0.1) is 5.92 Å². The van der Waals surface area contributed by atoms with Crippen molar-refractivity contribution in [3.63, 3.8) is 0 Å². The van der Waals surface area contributed by atoms with Crippen molar-refractivity contribution in [2.75, 3.05) is 6.54 Å². The van der Waals surface area contributed by atoms with Crippen molar-refractivity contribution >= 4 is 17.9 Å². The molecule has 3 amide bonds. The van der Waals surface area contributed by atoms with Gasteiger partial charge in [0.1, 0.15) is 23.4 Å². The molecule has 0 aliphatic heterocycles. The van der Waals surface area contributed by atoms with Gasteiger partial charge >= 0.3 is 6.09 Å². The van der Waals surface area contributed by atoms with Crippen LogP contribution in [0.15, 0.2) is 24.3 Å². The van der Waals surface area contributed by atoms with Gasteiger partial charge in [-0.15, -0.1) is 0 Å². The van der Waals surface area contributed by atoms with Gasteiger partial charge in [0.05, 0.1) is 0 Å². The van der Waals surface area contributed by atoms with Crippen molar-refractivity contribution in [2.45, 2.75) is 91.0 Å². The van der Waals surface area contributed by atoms with E-state index >= 15 is 0 Å². The molecule has 8 heteroatoms. The molecule has 0 spiro atoms. The SMILES string of the molecule is CCCCCNC(=O)C(c1cccc(O)c1)N(C(=O)C(C)NC(=O)OC(C)(C)C)C1CC1C. The predicted molar refractivity (Wildman–Crippen MR) is 127 cm³/mol. The number of amides is 3. The average molecular weight is 462 g/mol. The summed E-state index contributed by atoms with van der Waals surface area (Å²) in [5.41, 5.74) is -0.167. The summed E-state index contributed by atoms with van der Waals surface area (Å²) in [6.07, 6.45) is 2.95. The quantitative estimate of drug-likeness (QED) is 0.458. The molecule has 8 nitrogen and oxygen atoms in total. The number of nitrogens with one attached hydrogen (secondary N) is 2. The maximum absolute atomic E-state index is 13.6. The van der Waals surface area contributed by atoms with E-state index in [-0.39, 0.29) is 29.5 Å². The Bertz CT molecular complexity index is 836. The number of carbonyl (C=O) groups is 3. The minimum atomic E-state index is -0.913. The number of ether oxygens (including phenoxy) is 1. The summed E-state index contributed by atoms with van der Waals surface area (Å²) in [7, 11) is 0. The van der Waals surface area contributed by atoms with E-state index in [1.54, 1.807) is 44.7 Å². The zero-order chi connectivity index (χ0) is 24.8. The Balaban J connectivity index is 2.31. The van der Waals surface area contributed by atoms with Crippen LogP contribution in [-0.4, -0.2) is 52.1 Å². The maximum Gasteiger partial charge on any atom is 0.408 e. The zero-order valence-electron chi connectivity index (χ0n) is 20.7. The molecule has 1 fully saturated rings. The topological polar surface area (TPSA) is 108 Å². The Labute approximate surface area is 197 Å². The van der Waals surface area contributed by atoms with Crippen LogP contribution in [0.1, 0.15) is 78.8 Å². The molecule has 3 N–H and O–H groups in total. The molecule has 1 aromatic carbocycles. The lowest BCUT2D eigenvalue weighted by molar-refractivity contribution is -0.143. The van der Waals surface area contributed by atoms with E-state index in [2.05, 4.69) is 17.6 Å². The van der Waals surface area contributed by atoms with Crippen LogP contribution in [0.25, 0.3) is 0 Å². The van der Waals surface area contributed by atoms with Gasteiger partial charge in [-0.1, -0.05) is 38.8 Å². The Hall–Kier alpha value is -2.77. The van der Waals surface area contributed by atoms with Gasteiger partial charge in [0.2, 0.25) is 11.8 Å². The Kier molecular flexibility index (Phi) is 9.14. The second kappa shape index (κ2) is 11.4. The smallest absolute Gasteiger partial charge is 0.408 e. The molecular weight excluding hydrogens is 422 g/mol. The summed E-state index contributed by atoms with van der Waals surface area (Å²) in [5.74, 6) is -0.413. The first-order valence-electron chi connectivity index (χ1n) is 11.8. The molecule has 1 saturated carbocycles. The highest BCUT2D eigenvalue weighted by Gasteiger charge is 2.47. The standard InChI is InChI=1S/C25H39N3O5/c1-7-8-9-13-26-22(30)21(18-11-10-12-19(29)15-18)28(20-14-16(20)2)23(31)17(3)27-24(32)33-25(4,5)6/h10-12,15-17,20-21,29H,7-9,13-14H2,1-6H3,(H,26,30)(H,27,32). The number of carbonyl (C=O) groups excluding carboxylic acids is 3. The van der Waals surface area contributed by atoms with Gasteiger partial charge in [-0.3, -0.25) is 9.59 Å². The number of alkyl carbamates (subject to hydrolysis) is 1. The molecule has 0 radical (unpaired) electrons. The first-order valence-corrected chi connectivity index (χ1v) is 11.8. The summed E-state index contributed by atoms with van der Waals surface area (Å²) < 4.78 is 5.29. The van der Waals surface area contributed by atoms with Crippen LogP contribution >= 0.6 is 0 Å². The molecule has 0 bridgehead atoms. The lowest BCUT2D eigenvalue weighted by Gasteiger charge is -2.34. The summed E-state index contributed by atoms with van der Waals surface area (Å²) in [5, 5.41) is 15.6. The molecule has 184 valence electrons. The highest BCUT2D eigenvalue weighted by Crippen LogP contribution is 2.41. The number of unbranched alkanes of at least 4 members (excludes halogenated alkanes) is 2. The van der Waals surface area contributed by atoms with Gasteiger partial charge in [0.25, 0.3) is 0 Å². The Morgan fingerprint density at radius 1 is 1.24 bits per heavy atom. The van der Waals surface area contributed by atoms with Crippen molar-refractivity contribution < 1.29 is 24.2 Å². The second-order valence-electron chi connectivity index (χ2n) is 9.89. The predicted octanol–water partition coefficient (Wildman–Crippen LogP) is 3.89. The number of nitrogens with zero attached hydrogens (tertiary/aromatic N) is 1. The van der Waals surface area contributed by atoms with Gasteiger partial charge < -0.3 is 25.4 Å². The van der Waals surface area contributed by atoms with Crippen LogP contribution in [-0.2, 0) is 14.3 Å². The maximum atomic E-state index is 13.6. The molecular formula is C25H39N3O5. The molecule has 4 atom stereocenters. The van der Waals surface area contributed by atoms with Crippen molar-refractivity contribution in [1.29, 1.82) is 0 Å². The molecule has 0 heterocycles. The van der Waals surface area contributed by atoms with E-state index in [1.807, 2.05) is 6.92 Å². The highest BCUT2D eigenvalue weighted by atomic mass is 16.6. The minimum absolute atomic E-state index is 0.0208. The number of hydrogen-bond acceptors (Lipinski definition) is 5. The summed E-state index contributed by atoms with van der Waals surface area (Å²) in [6, 6.07) is 4.49. The number of phenols is 1. The fraction of sp³-hybridized carbons (Fsp3) is 0.640. The van der Waals surface area contributed by atoms with Crippen LogP contribution in [0.4, 0.5) is 4.79 Å². The molecule has 4 unspecified atom stereocenters. The number of benzene rings is 1. The molecule has 1 aromatic rings. The van der Waals surface area contributed by atoms with Gasteiger partial charge in [0, 0.05) is 12.6 Å². The van der Waals surface area contributed by atoms with Crippen LogP contribution in [0.5, 0.6) is 5.75 Å². The van der Waals surface area contributed by atoms with E-state index in [9.17, 15) is 19.5 Å². The number of phenolic OH excluding ortho intramolecular Hbond substituents is 1. The molecule has 0 aromatic heterocycles. The van der Waals surface area contributed by atoms with Gasteiger partial charge in [-0.2, -0.15) is 0 Å². The fourth-order valence-corrected chi connectivity index (χ4v) is 3.76. The lowest BCUT2D eigenvalue weighted by atomic mass is 10.0. The van der Waals surface area contributed by atoms with Gasteiger partial charge in [-0.05, 0) is 64.2 Å². The number of aromatic hydroxyl groups is 1. The van der Waals surface area contributed by atoms with E-state index in [4.69, 9.17) is 4.74 Å². The number of hydrogen-bond donors (Lipinski definition) is 3. The summed E-state index contributed by atoms with van der Waals surface area (Å²) >= 11 is 0. The highest BCUT2D eigenvalue weighted by molar-refractivity contribution is 5.92. The van der Waals surface area contributed by atoms with Crippen LogP contribution in [0.3, 0.4) is 0 Å². The largest absolute Gasteiger partial charge is 0.508 e. The lowest BCUT2D eigenvalue weighted by Crippen LogP contribution is -2.53. The first-order chi connectivity index (χ1) is 15.4. The van der Waals surface area contributed by atoms with Crippen molar-refractivity contribution in [3.05, 3.63) is 29.8 Å². The molecule has 1 aliphatic carbocycles. The summed E-state index contributed by atoms with van der Waals surface area (Å²) in [6.45, 7) is 11.5. The van der Waals surface area contributed by atoms with E-state index in [0.29, 0.717) is 12.1 Å². The summed E-state index contributed by atoms with van der Waals surface area (Å²) in [4.78, 5) is 40.7. The third-order valence-electron chi connectivity index (χ3n) is 5.57. The van der Waals surface area contributed by atoms with Crippen molar-refractivity contribution in [1.82, 2.24) is 15.5 Å². The van der Waals surface area contributed by atoms with Crippen LogP contribution in [0.2, 0.25) is 0 Å². The second-order valence-corrected chi connectivity index (χ2v) is 9.89. The average Bonchev–Trinajstić information content (AvgIpc) is 3.42. The minimum Gasteiger partial charge on any atom is -0.508 e. The van der Waals surface area contributed by atoms with Crippen LogP contribution < -0.4 is 10.6 Å². The Morgan fingerprint density at radius 2 is 1.91 bits per heavy atom.